The molecule has 0 aliphatic carbocycles. The number of carbonyl (C=O) groups is 1. The molecule has 0 radical (unpaired) electrons. The zero-order valence-corrected chi connectivity index (χ0v) is 10.4. The number of rotatable bonds is 4. The molecule has 1 saturated heterocycles. The van der Waals surface area contributed by atoms with Crippen molar-refractivity contribution < 1.29 is 14.1 Å². The summed E-state index contributed by atoms with van der Waals surface area (Å²) >= 11 is 0. The topological polar surface area (TPSA) is 63.5 Å². The largest absolute Gasteiger partial charge is 0.303 e. The molecule has 6 heteroatoms. The van der Waals surface area contributed by atoms with Gasteiger partial charge in [0.1, 0.15) is 12.1 Å². The van der Waals surface area contributed by atoms with Crippen molar-refractivity contribution in [2.75, 3.05) is 13.1 Å². The summed E-state index contributed by atoms with van der Waals surface area (Å²) in [4.78, 5) is 22.8. The van der Waals surface area contributed by atoms with Crippen molar-refractivity contribution in [1.29, 1.82) is 0 Å². The first kappa shape index (κ1) is 13.6. The minimum Gasteiger partial charge on any atom is -0.303 e. The molecule has 0 amide bonds. The molecule has 0 bridgehead atoms. The first-order valence-corrected chi connectivity index (χ1v) is 6.20. The van der Waals surface area contributed by atoms with Crippen LogP contribution in [0.3, 0.4) is 0 Å². The van der Waals surface area contributed by atoms with Crippen LogP contribution in [0.2, 0.25) is 0 Å². The molecule has 1 heterocycles. The number of non-ortho nitro benzene ring substituents is 1. The van der Waals surface area contributed by atoms with Crippen LogP contribution in [-0.4, -0.2) is 29.2 Å². The third kappa shape index (κ3) is 3.57. The van der Waals surface area contributed by atoms with Crippen molar-refractivity contribution in [3.05, 3.63) is 39.7 Å². The molecule has 1 aliphatic heterocycles. The predicted octanol–water partition coefficient (Wildman–Crippen LogP) is 2.14. The summed E-state index contributed by atoms with van der Waals surface area (Å²) in [7, 11) is 0. The number of benzene rings is 1. The van der Waals surface area contributed by atoms with Crippen molar-refractivity contribution >= 4 is 12.0 Å². The van der Waals surface area contributed by atoms with Crippen LogP contribution >= 0.6 is 0 Å². The molecule has 2 rings (SSSR count). The maximum Gasteiger partial charge on any atom is 0.272 e. The molecule has 1 aliphatic rings. The van der Waals surface area contributed by atoms with Gasteiger partial charge in [0.15, 0.2) is 0 Å². The molecule has 1 fully saturated rings. The smallest absolute Gasteiger partial charge is 0.272 e. The molecular weight excluding hydrogens is 251 g/mol. The van der Waals surface area contributed by atoms with Gasteiger partial charge in [0, 0.05) is 18.5 Å². The van der Waals surface area contributed by atoms with Crippen molar-refractivity contribution in [3.63, 3.8) is 0 Å². The number of nitro groups is 1. The minimum absolute atomic E-state index is 0.109. The number of likely N-dealkylation sites (tertiary alicyclic amines) is 1. The lowest BCUT2D eigenvalue weighted by atomic mass is 9.98. The molecule has 0 aromatic heterocycles. The van der Waals surface area contributed by atoms with Crippen LogP contribution in [0.5, 0.6) is 0 Å². The van der Waals surface area contributed by atoms with Crippen LogP contribution in [0.1, 0.15) is 18.4 Å². The van der Waals surface area contributed by atoms with Gasteiger partial charge in [0.25, 0.3) is 5.69 Å². The summed E-state index contributed by atoms with van der Waals surface area (Å²) < 4.78 is 13.3. The van der Waals surface area contributed by atoms with E-state index >= 15 is 0 Å². The number of hydrogen-bond donors (Lipinski definition) is 0. The third-order valence-corrected chi connectivity index (χ3v) is 3.38. The molecule has 0 saturated carbocycles. The number of aldehydes is 1. The Balaban J connectivity index is 2.03. The zero-order valence-electron chi connectivity index (χ0n) is 10.4. The standard InChI is InChI=1S/C13H15FN2O3/c14-12-5-11(6-13(7-12)16(18)19)8-15-3-1-10(9-17)2-4-15/h5-7,9-10H,1-4,8H2. The molecule has 0 N–H and O–H groups in total. The fraction of sp³-hybridized carbons (Fsp3) is 0.462. The SMILES string of the molecule is O=CC1CCN(Cc2cc(F)cc([N+](=O)[O-])c2)CC1. The summed E-state index contributed by atoms with van der Waals surface area (Å²) in [6, 6.07) is 3.63. The van der Waals surface area contributed by atoms with E-state index in [4.69, 9.17) is 0 Å². The van der Waals surface area contributed by atoms with Gasteiger partial charge >= 0.3 is 0 Å². The Hall–Kier alpha value is -1.82. The highest BCUT2D eigenvalue weighted by Crippen LogP contribution is 2.21. The molecule has 0 spiro atoms. The molecule has 102 valence electrons. The third-order valence-electron chi connectivity index (χ3n) is 3.38. The van der Waals surface area contributed by atoms with Crippen LogP contribution in [-0.2, 0) is 11.3 Å². The van der Waals surface area contributed by atoms with Crippen LogP contribution in [0, 0.1) is 21.8 Å². The first-order valence-electron chi connectivity index (χ1n) is 6.20. The minimum atomic E-state index is -0.592. The van der Waals surface area contributed by atoms with E-state index in [1.54, 1.807) is 0 Å². The summed E-state index contributed by atoms with van der Waals surface area (Å²) in [5.41, 5.74) is 0.369. The number of piperidine rings is 1. The maximum atomic E-state index is 13.3. The van der Waals surface area contributed by atoms with Gasteiger partial charge in [-0.2, -0.15) is 0 Å². The fourth-order valence-corrected chi connectivity index (χ4v) is 2.34. The average molecular weight is 266 g/mol. The number of carbonyl (C=O) groups excluding carboxylic acids is 1. The van der Waals surface area contributed by atoms with Crippen LogP contribution < -0.4 is 0 Å². The average Bonchev–Trinajstić information content (AvgIpc) is 2.39. The van der Waals surface area contributed by atoms with Gasteiger partial charge < -0.3 is 4.79 Å². The van der Waals surface area contributed by atoms with Crippen molar-refractivity contribution in [2.45, 2.75) is 19.4 Å². The Labute approximate surface area is 110 Å². The van der Waals surface area contributed by atoms with Gasteiger partial charge in [-0.3, -0.25) is 15.0 Å². The highest BCUT2D eigenvalue weighted by atomic mass is 19.1. The van der Waals surface area contributed by atoms with Gasteiger partial charge in [0.2, 0.25) is 0 Å². The summed E-state index contributed by atoms with van der Waals surface area (Å²) in [5.74, 6) is -0.481. The van der Waals surface area contributed by atoms with Crippen molar-refractivity contribution in [2.24, 2.45) is 5.92 Å². The molecule has 5 nitrogen and oxygen atoms in total. The monoisotopic (exact) mass is 266 g/mol. The number of halogens is 1. The second-order valence-electron chi connectivity index (χ2n) is 4.82. The van der Waals surface area contributed by atoms with E-state index in [1.165, 1.54) is 12.1 Å². The second kappa shape index (κ2) is 5.88. The molecule has 0 atom stereocenters. The Bertz CT molecular complexity index is 485. The highest BCUT2D eigenvalue weighted by molar-refractivity contribution is 5.53. The van der Waals surface area contributed by atoms with E-state index < -0.39 is 10.7 Å². The van der Waals surface area contributed by atoms with Crippen LogP contribution in [0.15, 0.2) is 18.2 Å². The Morgan fingerprint density at radius 1 is 1.37 bits per heavy atom. The van der Waals surface area contributed by atoms with Crippen molar-refractivity contribution in [3.8, 4) is 0 Å². The lowest BCUT2D eigenvalue weighted by molar-refractivity contribution is -0.385. The van der Waals surface area contributed by atoms with Crippen LogP contribution in [0.4, 0.5) is 10.1 Å². The lowest BCUT2D eigenvalue weighted by Gasteiger charge is -2.29. The number of hydrogen-bond acceptors (Lipinski definition) is 4. The second-order valence-corrected chi connectivity index (χ2v) is 4.82. The predicted molar refractivity (Wildman–Crippen MR) is 67.1 cm³/mol. The van der Waals surface area contributed by atoms with Gasteiger partial charge in [0.05, 0.1) is 11.0 Å². The lowest BCUT2D eigenvalue weighted by Crippen LogP contribution is -2.33. The highest BCUT2D eigenvalue weighted by Gasteiger charge is 2.19. The van der Waals surface area contributed by atoms with E-state index in [0.717, 1.165) is 38.3 Å². The van der Waals surface area contributed by atoms with Gasteiger partial charge in [-0.1, -0.05) is 0 Å². The van der Waals surface area contributed by atoms with E-state index in [-0.39, 0.29) is 11.6 Å². The Kier molecular flexibility index (Phi) is 4.21. The normalized spacial score (nSPS) is 17.3. The van der Waals surface area contributed by atoms with Crippen molar-refractivity contribution in [1.82, 2.24) is 4.90 Å². The quantitative estimate of drug-likeness (QED) is 0.476. The fourth-order valence-electron chi connectivity index (χ4n) is 2.34. The number of nitro benzene ring substituents is 1. The molecular formula is C13H15FN2O3. The van der Waals surface area contributed by atoms with E-state index in [9.17, 15) is 19.3 Å². The Morgan fingerprint density at radius 2 is 2.05 bits per heavy atom. The number of nitrogens with zero attached hydrogens (tertiary/aromatic N) is 2. The van der Waals surface area contributed by atoms with E-state index in [2.05, 4.69) is 4.90 Å². The maximum absolute atomic E-state index is 13.3. The molecule has 1 aromatic rings. The van der Waals surface area contributed by atoms with Gasteiger partial charge in [-0.25, -0.2) is 4.39 Å². The molecule has 19 heavy (non-hydrogen) atoms. The zero-order chi connectivity index (χ0) is 13.8. The summed E-state index contributed by atoms with van der Waals surface area (Å²) in [5, 5.41) is 10.7. The van der Waals surface area contributed by atoms with E-state index in [0.29, 0.717) is 12.1 Å². The van der Waals surface area contributed by atoms with E-state index in [1.807, 2.05) is 0 Å². The summed E-state index contributed by atoms with van der Waals surface area (Å²) in [6.45, 7) is 1.99. The Morgan fingerprint density at radius 3 is 2.63 bits per heavy atom. The molecule has 0 unspecified atom stereocenters. The van der Waals surface area contributed by atoms with Crippen LogP contribution in [0.25, 0.3) is 0 Å². The van der Waals surface area contributed by atoms with Gasteiger partial charge in [-0.05, 0) is 37.6 Å². The molecule has 1 aromatic carbocycles. The summed E-state index contributed by atoms with van der Waals surface area (Å²) in [6.07, 6.45) is 2.56. The first-order chi connectivity index (χ1) is 9.08. The van der Waals surface area contributed by atoms with Gasteiger partial charge in [-0.15, -0.1) is 0 Å².